The van der Waals surface area contributed by atoms with Crippen molar-refractivity contribution in [2.24, 2.45) is 0 Å². The Hall–Kier alpha value is -2.95. The summed E-state index contributed by atoms with van der Waals surface area (Å²) in [5.74, 6) is -0.193. The first-order valence-corrected chi connectivity index (χ1v) is 7.89. The molecule has 0 saturated carbocycles. The van der Waals surface area contributed by atoms with E-state index in [-0.39, 0.29) is 11.6 Å². The number of nitrogens with one attached hydrogen (secondary N) is 1. The lowest BCUT2D eigenvalue weighted by atomic mass is 10.1. The predicted octanol–water partition coefficient (Wildman–Crippen LogP) is 3.75. The summed E-state index contributed by atoms with van der Waals surface area (Å²) >= 11 is 0. The molecule has 2 aromatic carbocycles. The highest BCUT2D eigenvalue weighted by atomic mass is 16.6. The van der Waals surface area contributed by atoms with Gasteiger partial charge in [0.05, 0.1) is 4.92 Å². The van der Waals surface area contributed by atoms with Crippen molar-refractivity contribution in [2.45, 2.75) is 19.3 Å². The van der Waals surface area contributed by atoms with Crippen LogP contribution >= 0.6 is 0 Å². The normalized spacial score (nSPS) is 10.7. The zero-order valence-corrected chi connectivity index (χ0v) is 13.4. The number of nitro groups is 1. The van der Waals surface area contributed by atoms with E-state index in [4.69, 9.17) is 0 Å². The molecule has 0 aliphatic heterocycles. The molecule has 124 valence electrons. The molecule has 2 aromatic rings. The second kappa shape index (κ2) is 9.25. The summed E-state index contributed by atoms with van der Waals surface area (Å²) < 4.78 is 0. The van der Waals surface area contributed by atoms with E-state index in [1.165, 1.54) is 23.8 Å². The highest BCUT2D eigenvalue weighted by Crippen LogP contribution is 2.14. The van der Waals surface area contributed by atoms with Crippen LogP contribution in [0.25, 0.3) is 6.08 Å². The number of nitrogens with zero attached hydrogens (tertiary/aromatic N) is 1. The molecule has 1 amide bonds. The van der Waals surface area contributed by atoms with Crippen LogP contribution in [0.4, 0.5) is 5.69 Å². The topological polar surface area (TPSA) is 72.2 Å². The van der Waals surface area contributed by atoms with Crippen LogP contribution in [-0.2, 0) is 11.2 Å². The number of nitro benzene ring substituents is 1. The first-order valence-electron chi connectivity index (χ1n) is 7.89. The first kappa shape index (κ1) is 17.4. The second-order valence-corrected chi connectivity index (χ2v) is 5.42. The van der Waals surface area contributed by atoms with E-state index in [1.54, 1.807) is 18.2 Å². The molecule has 0 heterocycles. The fourth-order valence-electron chi connectivity index (χ4n) is 2.28. The Morgan fingerprint density at radius 1 is 1.08 bits per heavy atom. The van der Waals surface area contributed by atoms with E-state index < -0.39 is 4.92 Å². The molecule has 0 atom stereocenters. The van der Waals surface area contributed by atoms with E-state index in [1.807, 2.05) is 18.2 Å². The van der Waals surface area contributed by atoms with Gasteiger partial charge >= 0.3 is 0 Å². The minimum absolute atomic E-state index is 0.0125. The molecule has 0 unspecified atom stereocenters. The average molecular weight is 324 g/mol. The number of hydrogen-bond donors (Lipinski definition) is 1. The minimum Gasteiger partial charge on any atom is -0.353 e. The van der Waals surface area contributed by atoms with Crippen LogP contribution in [0.5, 0.6) is 0 Å². The molecule has 0 radical (unpaired) electrons. The highest BCUT2D eigenvalue weighted by molar-refractivity contribution is 5.91. The zero-order chi connectivity index (χ0) is 17.2. The van der Waals surface area contributed by atoms with E-state index in [9.17, 15) is 14.9 Å². The third-order valence-corrected chi connectivity index (χ3v) is 3.54. The number of non-ortho nitro benzene ring substituents is 1. The number of benzene rings is 2. The van der Waals surface area contributed by atoms with Gasteiger partial charge in [-0.1, -0.05) is 42.5 Å². The van der Waals surface area contributed by atoms with Crippen molar-refractivity contribution < 1.29 is 9.72 Å². The maximum Gasteiger partial charge on any atom is 0.270 e. The zero-order valence-electron chi connectivity index (χ0n) is 13.4. The fraction of sp³-hybridized carbons (Fsp3) is 0.211. The van der Waals surface area contributed by atoms with Gasteiger partial charge in [-0.3, -0.25) is 14.9 Å². The summed E-state index contributed by atoms with van der Waals surface area (Å²) in [6.45, 7) is 0.616. The largest absolute Gasteiger partial charge is 0.353 e. The smallest absolute Gasteiger partial charge is 0.270 e. The van der Waals surface area contributed by atoms with Crippen molar-refractivity contribution >= 4 is 17.7 Å². The molecule has 0 fully saturated rings. The first-order chi connectivity index (χ1) is 11.6. The maximum atomic E-state index is 11.7. The van der Waals surface area contributed by atoms with Gasteiger partial charge in [0.1, 0.15) is 0 Å². The Kier molecular flexibility index (Phi) is 6.71. The maximum absolute atomic E-state index is 11.7. The molecule has 5 nitrogen and oxygen atoms in total. The van der Waals surface area contributed by atoms with E-state index >= 15 is 0 Å². The van der Waals surface area contributed by atoms with Crippen molar-refractivity contribution in [2.75, 3.05) is 6.54 Å². The van der Waals surface area contributed by atoms with E-state index in [2.05, 4.69) is 17.4 Å². The summed E-state index contributed by atoms with van der Waals surface area (Å²) in [6.07, 6.45) is 5.90. The average Bonchev–Trinajstić information content (AvgIpc) is 2.61. The predicted molar refractivity (Wildman–Crippen MR) is 94.5 cm³/mol. The van der Waals surface area contributed by atoms with Crippen molar-refractivity contribution in [3.05, 3.63) is 81.9 Å². The number of carbonyl (C=O) groups excluding carboxylic acids is 1. The molecule has 0 spiro atoms. The lowest BCUT2D eigenvalue weighted by Gasteiger charge is -2.03. The Morgan fingerprint density at radius 3 is 2.62 bits per heavy atom. The summed E-state index contributed by atoms with van der Waals surface area (Å²) in [5.41, 5.74) is 1.94. The molecule has 0 aliphatic rings. The third-order valence-electron chi connectivity index (χ3n) is 3.54. The molecule has 5 heteroatoms. The highest BCUT2D eigenvalue weighted by Gasteiger charge is 2.04. The molecule has 2 rings (SSSR count). The summed E-state index contributed by atoms with van der Waals surface area (Å²) in [7, 11) is 0. The van der Waals surface area contributed by atoms with Gasteiger partial charge in [0.15, 0.2) is 0 Å². The number of carbonyl (C=O) groups is 1. The van der Waals surface area contributed by atoms with Crippen molar-refractivity contribution in [1.82, 2.24) is 5.32 Å². The third kappa shape index (κ3) is 6.04. The second-order valence-electron chi connectivity index (χ2n) is 5.42. The standard InChI is InChI=1S/C19H20N2O3/c22-19(13-12-17-10-6-11-18(15-17)21(23)24)20-14-5-4-9-16-7-2-1-3-8-16/h1-3,6-8,10-13,15H,4-5,9,14H2,(H,20,22). The van der Waals surface area contributed by atoms with Crippen LogP contribution in [0.2, 0.25) is 0 Å². The van der Waals surface area contributed by atoms with Crippen LogP contribution in [0.15, 0.2) is 60.7 Å². The SMILES string of the molecule is O=C(C=Cc1cccc([N+](=O)[O-])c1)NCCCCc1ccccc1. The van der Waals surface area contributed by atoms with Crippen LogP contribution in [0.1, 0.15) is 24.0 Å². The molecule has 0 saturated heterocycles. The molecule has 0 bridgehead atoms. The van der Waals surface area contributed by atoms with Crippen molar-refractivity contribution in [3.8, 4) is 0 Å². The lowest BCUT2D eigenvalue weighted by Crippen LogP contribution is -2.22. The fourth-order valence-corrected chi connectivity index (χ4v) is 2.28. The van der Waals surface area contributed by atoms with Crippen molar-refractivity contribution in [1.29, 1.82) is 0 Å². The van der Waals surface area contributed by atoms with Gasteiger partial charge in [-0.15, -0.1) is 0 Å². The molecular weight excluding hydrogens is 304 g/mol. The van der Waals surface area contributed by atoms with Gasteiger partial charge < -0.3 is 5.32 Å². The molecule has 0 aromatic heterocycles. The number of hydrogen-bond acceptors (Lipinski definition) is 3. The summed E-state index contributed by atoms with van der Waals surface area (Å²) in [5, 5.41) is 13.5. The Bertz CT molecular complexity index is 712. The van der Waals surface area contributed by atoms with Crippen LogP contribution in [0.3, 0.4) is 0 Å². The molecular formula is C19H20N2O3. The molecule has 24 heavy (non-hydrogen) atoms. The lowest BCUT2D eigenvalue weighted by molar-refractivity contribution is -0.384. The number of unbranched alkanes of at least 4 members (excludes halogenated alkanes) is 1. The van der Waals surface area contributed by atoms with E-state index in [0.717, 1.165) is 19.3 Å². The molecule has 1 N–H and O–H groups in total. The number of aryl methyl sites for hydroxylation is 1. The summed E-state index contributed by atoms with van der Waals surface area (Å²) in [4.78, 5) is 22.0. The Balaban J connectivity index is 1.69. The number of rotatable bonds is 8. The van der Waals surface area contributed by atoms with Gasteiger partial charge in [0.25, 0.3) is 5.69 Å². The Morgan fingerprint density at radius 2 is 1.88 bits per heavy atom. The van der Waals surface area contributed by atoms with Crippen LogP contribution in [0, 0.1) is 10.1 Å². The van der Waals surface area contributed by atoms with Gasteiger partial charge in [0, 0.05) is 24.8 Å². The van der Waals surface area contributed by atoms with Gasteiger partial charge in [-0.2, -0.15) is 0 Å². The van der Waals surface area contributed by atoms with Gasteiger partial charge in [0.2, 0.25) is 5.91 Å². The monoisotopic (exact) mass is 324 g/mol. The molecule has 0 aliphatic carbocycles. The minimum atomic E-state index is -0.454. The summed E-state index contributed by atoms with van der Waals surface area (Å²) in [6, 6.07) is 16.4. The van der Waals surface area contributed by atoms with Crippen molar-refractivity contribution in [3.63, 3.8) is 0 Å². The number of amides is 1. The van der Waals surface area contributed by atoms with Crippen LogP contribution in [-0.4, -0.2) is 17.4 Å². The van der Waals surface area contributed by atoms with Gasteiger partial charge in [-0.25, -0.2) is 0 Å². The Labute approximate surface area is 141 Å². The van der Waals surface area contributed by atoms with Crippen LogP contribution < -0.4 is 5.32 Å². The van der Waals surface area contributed by atoms with Gasteiger partial charge in [-0.05, 0) is 36.5 Å². The quantitative estimate of drug-likeness (QED) is 0.348. The van der Waals surface area contributed by atoms with E-state index in [0.29, 0.717) is 12.1 Å².